The number of amides is 1. The van der Waals surface area contributed by atoms with Crippen molar-refractivity contribution in [2.24, 2.45) is 5.92 Å². The summed E-state index contributed by atoms with van der Waals surface area (Å²) in [5, 5.41) is 22.2. The van der Waals surface area contributed by atoms with E-state index < -0.39 is 5.54 Å². The number of thioether (sulfide) groups is 1. The number of nitrogens with zero attached hydrogens (tertiary/aromatic N) is 5. The molecule has 1 aliphatic rings. The zero-order chi connectivity index (χ0) is 21.0. The number of nitrogens with one attached hydrogen (secondary N) is 1. The molecule has 1 amide bonds. The first-order valence-corrected chi connectivity index (χ1v) is 11.0. The number of para-hydroxylation sites is 1. The summed E-state index contributed by atoms with van der Waals surface area (Å²) in [6.45, 7) is 7.39. The van der Waals surface area contributed by atoms with Crippen LogP contribution in [-0.2, 0) is 4.79 Å². The quantitative estimate of drug-likeness (QED) is 0.671. The fourth-order valence-corrected chi connectivity index (χ4v) is 4.04. The van der Waals surface area contributed by atoms with E-state index in [-0.39, 0.29) is 17.6 Å². The molecular formula is C20H25ClN6OS. The molecule has 0 radical (unpaired) electrons. The van der Waals surface area contributed by atoms with Gasteiger partial charge in [0, 0.05) is 13.1 Å². The van der Waals surface area contributed by atoms with Crippen molar-refractivity contribution in [1.29, 1.82) is 5.26 Å². The Kier molecular flexibility index (Phi) is 6.70. The first kappa shape index (κ1) is 21.5. The van der Waals surface area contributed by atoms with Crippen LogP contribution in [0.15, 0.2) is 29.4 Å². The smallest absolute Gasteiger partial charge is 0.232 e. The van der Waals surface area contributed by atoms with Gasteiger partial charge in [-0.25, -0.2) is 0 Å². The second kappa shape index (κ2) is 9.06. The Hall–Kier alpha value is -2.24. The Morgan fingerprint density at radius 1 is 1.34 bits per heavy atom. The summed E-state index contributed by atoms with van der Waals surface area (Å²) >= 11 is 7.73. The predicted octanol–water partition coefficient (Wildman–Crippen LogP) is 3.67. The largest absolute Gasteiger partial charge is 0.341 e. The highest BCUT2D eigenvalue weighted by molar-refractivity contribution is 7.99. The molecular weight excluding hydrogens is 408 g/mol. The van der Waals surface area contributed by atoms with Crippen LogP contribution in [0.1, 0.15) is 33.6 Å². The molecule has 0 saturated carbocycles. The Bertz CT molecular complexity index is 918. The Morgan fingerprint density at radius 2 is 2.03 bits per heavy atom. The Balaban J connectivity index is 1.84. The van der Waals surface area contributed by atoms with E-state index in [1.54, 1.807) is 6.92 Å². The minimum absolute atomic E-state index is 0.00463. The summed E-state index contributed by atoms with van der Waals surface area (Å²) in [7, 11) is 0. The van der Waals surface area contributed by atoms with Gasteiger partial charge < -0.3 is 10.2 Å². The van der Waals surface area contributed by atoms with Crippen molar-refractivity contribution in [2.45, 2.75) is 44.3 Å². The van der Waals surface area contributed by atoms with Crippen molar-refractivity contribution in [2.75, 3.05) is 23.7 Å². The standard InChI is InChI=1S/C20H25ClN6OS/c1-14(2)20(3,13-22)23-17(28)12-29-19-25-24-18(26-10-6-7-11-26)27(19)16-9-5-4-8-15(16)21/h4-5,8-9,14H,6-7,10-12H2,1-3H3,(H,23,28). The van der Waals surface area contributed by atoms with Crippen LogP contribution < -0.4 is 10.2 Å². The van der Waals surface area contributed by atoms with Gasteiger partial charge in [-0.3, -0.25) is 9.36 Å². The van der Waals surface area contributed by atoms with Gasteiger partial charge in [0.15, 0.2) is 5.16 Å². The molecule has 9 heteroatoms. The minimum Gasteiger partial charge on any atom is -0.341 e. The molecule has 0 aliphatic carbocycles. The van der Waals surface area contributed by atoms with Gasteiger partial charge in [0.2, 0.25) is 11.9 Å². The number of aromatic nitrogens is 3. The van der Waals surface area contributed by atoms with Crippen molar-refractivity contribution < 1.29 is 4.79 Å². The molecule has 1 aromatic heterocycles. The molecule has 2 heterocycles. The number of hydrogen-bond acceptors (Lipinski definition) is 6. The average Bonchev–Trinajstić information content (AvgIpc) is 3.36. The van der Waals surface area contributed by atoms with E-state index in [1.807, 2.05) is 42.7 Å². The molecule has 0 bridgehead atoms. The zero-order valence-corrected chi connectivity index (χ0v) is 18.4. The van der Waals surface area contributed by atoms with E-state index in [0.717, 1.165) is 37.6 Å². The Morgan fingerprint density at radius 3 is 2.66 bits per heavy atom. The van der Waals surface area contributed by atoms with Gasteiger partial charge in [-0.1, -0.05) is 49.3 Å². The third-order valence-electron chi connectivity index (χ3n) is 5.22. The molecule has 2 aromatic rings. The van der Waals surface area contributed by atoms with E-state index in [2.05, 4.69) is 26.5 Å². The maximum absolute atomic E-state index is 12.5. The second-order valence-electron chi connectivity index (χ2n) is 7.57. The summed E-state index contributed by atoms with van der Waals surface area (Å²) in [5.41, 5.74) is -0.123. The molecule has 29 heavy (non-hydrogen) atoms. The highest BCUT2D eigenvalue weighted by Crippen LogP contribution is 2.31. The molecule has 154 valence electrons. The van der Waals surface area contributed by atoms with Crippen LogP contribution in [0.4, 0.5) is 5.95 Å². The van der Waals surface area contributed by atoms with Gasteiger partial charge in [-0.2, -0.15) is 5.26 Å². The lowest BCUT2D eigenvalue weighted by atomic mass is 9.90. The van der Waals surface area contributed by atoms with E-state index >= 15 is 0 Å². The molecule has 1 N–H and O–H groups in total. The van der Waals surface area contributed by atoms with Crippen LogP contribution in [-0.4, -0.2) is 45.1 Å². The number of rotatable bonds is 7. The summed E-state index contributed by atoms with van der Waals surface area (Å²) in [6, 6.07) is 9.73. The van der Waals surface area contributed by atoms with E-state index in [1.165, 1.54) is 11.8 Å². The van der Waals surface area contributed by atoms with Gasteiger partial charge in [0.1, 0.15) is 5.54 Å². The van der Waals surface area contributed by atoms with Crippen LogP contribution in [0.2, 0.25) is 5.02 Å². The lowest BCUT2D eigenvalue weighted by Gasteiger charge is -2.27. The highest BCUT2D eigenvalue weighted by atomic mass is 35.5. The lowest BCUT2D eigenvalue weighted by Crippen LogP contribution is -2.49. The van der Waals surface area contributed by atoms with Gasteiger partial charge in [-0.05, 0) is 37.8 Å². The molecule has 1 unspecified atom stereocenters. The molecule has 0 spiro atoms. The van der Waals surface area contributed by atoms with Crippen molar-refractivity contribution in [3.8, 4) is 11.8 Å². The number of nitriles is 1. The van der Waals surface area contributed by atoms with E-state index in [0.29, 0.717) is 10.2 Å². The van der Waals surface area contributed by atoms with E-state index in [9.17, 15) is 10.1 Å². The SMILES string of the molecule is CC(C)C(C)(C#N)NC(=O)CSc1nnc(N2CCCC2)n1-c1ccccc1Cl. The molecule has 1 saturated heterocycles. The minimum atomic E-state index is -0.908. The van der Waals surface area contributed by atoms with Gasteiger partial charge in [-0.15, -0.1) is 10.2 Å². The lowest BCUT2D eigenvalue weighted by molar-refractivity contribution is -0.120. The summed E-state index contributed by atoms with van der Waals surface area (Å²) < 4.78 is 1.91. The van der Waals surface area contributed by atoms with Crippen molar-refractivity contribution in [1.82, 2.24) is 20.1 Å². The number of carbonyl (C=O) groups is 1. The maximum atomic E-state index is 12.5. The van der Waals surface area contributed by atoms with Crippen LogP contribution in [0.3, 0.4) is 0 Å². The number of anilines is 1. The van der Waals surface area contributed by atoms with Gasteiger partial charge >= 0.3 is 0 Å². The van der Waals surface area contributed by atoms with Crippen molar-refractivity contribution in [3.63, 3.8) is 0 Å². The van der Waals surface area contributed by atoms with Crippen molar-refractivity contribution in [3.05, 3.63) is 29.3 Å². The highest BCUT2D eigenvalue weighted by Gasteiger charge is 2.30. The topological polar surface area (TPSA) is 86.8 Å². The third-order valence-corrected chi connectivity index (χ3v) is 6.47. The van der Waals surface area contributed by atoms with E-state index in [4.69, 9.17) is 11.6 Å². The fraction of sp³-hybridized carbons (Fsp3) is 0.500. The summed E-state index contributed by atoms with van der Waals surface area (Å²) in [4.78, 5) is 14.7. The third kappa shape index (κ3) is 4.68. The summed E-state index contributed by atoms with van der Waals surface area (Å²) in [5.74, 6) is 0.647. The maximum Gasteiger partial charge on any atom is 0.232 e. The molecule has 3 rings (SSSR count). The second-order valence-corrected chi connectivity index (χ2v) is 8.92. The predicted molar refractivity (Wildman–Crippen MR) is 116 cm³/mol. The number of halogens is 1. The molecule has 1 aliphatic heterocycles. The number of hydrogen-bond donors (Lipinski definition) is 1. The van der Waals surface area contributed by atoms with Crippen LogP contribution in [0, 0.1) is 17.2 Å². The molecule has 7 nitrogen and oxygen atoms in total. The molecule has 1 fully saturated rings. The monoisotopic (exact) mass is 432 g/mol. The zero-order valence-electron chi connectivity index (χ0n) is 16.9. The van der Waals surface area contributed by atoms with Crippen LogP contribution in [0.5, 0.6) is 0 Å². The number of benzene rings is 1. The van der Waals surface area contributed by atoms with Gasteiger partial charge in [0.05, 0.1) is 22.5 Å². The normalized spacial score (nSPS) is 15.9. The first-order chi connectivity index (χ1) is 13.9. The number of carbonyl (C=O) groups excluding carboxylic acids is 1. The molecule has 1 aromatic carbocycles. The van der Waals surface area contributed by atoms with Gasteiger partial charge in [0.25, 0.3) is 0 Å². The Labute approximate surface area is 180 Å². The van der Waals surface area contributed by atoms with Crippen LogP contribution in [0.25, 0.3) is 5.69 Å². The first-order valence-electron chi connectivity index (χ1n) is 9.66. The van der Waals surface area contributed by atoms with Crippen molar-refractivity contribution >= 4 is 35.2 Å². The van der Waals surface area contributed by atoms with Crippen LogP contribution >= 0.6 is 23.4 Å². The fourth-order valence-electron chi connectivity index (χ4n) is 3.08. The molecule has 1 atom stereocenters. The summed E-state index contributed by atoms with van der Waals surface area (Å²) in [6.07, 6.45) is 2.23. The average molecular weight is 433 g/mol.